The van der Waals surface area contributed by atoms with Crippen LogP contribution in [-0.4, -0.2) is 25.1 Å². The van der Waals surface area contributed by atoms with E-state index in [4.69, 9.17) is 0 Å². The van der Waals surface area contributed by atoms with Crippen molar-refractivity contribution in [1.29, 1.82) is 0 Å². The number of carbonyl (C=O) groups excluding carboxylic acids is 1. The van der Waals surface area contributed by atoms with Crippen LogP contribution < -0.4 is 5.32 Å². The second-order valence-corrected chi connectivity index (χ2v) is 7.10. The van der Waals surface area contributed by atoms with Gasteiger partial charge in [0.25, 0.3) is 0 Å². The number of amides is 1. The van der Waals surface area contributed by atoms with Crippen LogP contribution in [0.5, 0.6) is 0 Å². The summed E-state index contributed by atoms with van der Waals surface area (Å²) in [7, 11) is 0. The Morgan fingerprint density at radius 1 is 1.31 bits per heavy atom. The first-order chi connectivity index (χ1) is 12.6. The minimum atomic E-state index is -0.122. The zero-order valence-corrected chi connectivity index (χ0v) is 15.4. The van der Waals surface area contributed by atoms with E-state index in [0.717, 1.165) is 27.6 Å². The Hall–Kier alpha value is -2.93. The van der Waals surface area contributed by atoms with Crippen molar-refractivity contribution in [1.82, 2.24) is 24.5 Å². The lowest BCUT2D eigenvalue weighted by Gasteiger charge is -2.14. The van der Waals surface area contributed by atoms with Crippen LogP contribution in [0.15, 0.2) is 54.3 Å². The molecular weight excluding hydrogens is 346 g/mol. The number of nitrogens with one attached hydrogen (secondary N) is 1. The lowest BCUT2D eigenvalue weighted by atomic mass is 10.1. The third-order valence-electron chi connectivity index (χ3n) is 4.38. The van der Waals surface area contributed by atoms with Gasteiger partial charge in [0.15, 0.2) is 4.96 Å². The highest BCUT2D eigenvalue weighted by Gasteiger charge is 2.17. The summed E-state index contributed by atoms with van der Waals surface area (Å²) in [6.07, 6.45) is 5.93. The minimum Gasteiger partial charge on any atom is -0.349 e. The molecule has 0 unspecified atom stereocenters. The van der Waals surface area contributed by atoms with Crippen LogP contribution in [0.3, 0.4) is 0 Å². The van der Waals surface area contributed by atoms with Gasteiger partial charge in [-0.15, -0.1) is 11.3 Å². The van der Waals surface area contributed by atoms with Crippen LogP contribution in [-0.2, 0) is 11.2 Å². The molecule has 0 bridgehead atoms. The number of hydrogen-bond acceptors (Lipinski definition) is 4. The fourth-order valence-corrected chi connectivity index (χ4v) is 3.79. The minimum absolute atomic E-state index is 0.0462. The SMILES string of the molecule is Cc1c([C@@H](C)NC(=O)Cc2cn3ccsc3n2)cnn1-c1ccccc1. The molecular formula is C19H19N5OS. The lowest BCUT2D eigenvalue weighted by Crippen LogP contribution is -2.28. The number of fused-ring (bicyclic) bond motifs is 1. The van der Waals surface area contributed by atoms with Gasteiger partial charge in [-0.2, -0.15) is 5.10 Å². The van der Waals surface area contributed by atoms with Crippen molar-refractivity contribution in [2.45, 2.75) is 26.3 Å². The van der Waals surface area contributed by atoms with Gasteiger partial charge in [-0.05, 0) is 26.0 Å². The third-order valence-corrected chi connectivity index (χ3v) is 5.15. The van der Waals surface area contributed by atoms with Crippen molar-refractivity contribution in [2.24, 2.45) is 0 Å². The van der Waals surface area contributed by atoms with Gasteiger partial charge in [-0.25, -0.2) is 9.67 Å². The normalized spacial score (nSPS) is 12.4. The number of imidazole rings is 1. The molecule has 4 aromatic rings. The Morgan fingerprint density at radius 2 is 2.12 bits per heavy atom. The number of hydrogen-bond donors (Lipinski definition) is 1. The van der Waals surface area contributed by atoms with E-state index in [1.54, 1.807) is 11.3 Å². The van der Waals surface area contributed by atoms with Gasteiger partial charge < -0.3 is 5.32 Å². The molecule has 1 aromatic carbocycles. The van der Waals surface area contributed by atoms with Gasteiger partial charge >= 0.3 is 0 Å². The molecule has 26 heavy (non-hydrogen) atoms. The summed E-state index contributed by atoms with van der Waals surface area (Å²) in [6.45, 7) is 3.99. The number of nitrogens with zero attached hydrogens (tertiary/aromatic N) is 4. The van der Waals surface area contributed by atoms with Gasteiger partial charge in [-0.1, -0.05) is 18.2 Å². The van der Waals surface area contributed by atoms with E-state index in [1.165, 1.54) is 0 Å². The molecule has 4 rings (SSSR count). The van der Waals surface area contributed by atoms with Gasteiger partial charge in [0.1, 0.15) is 0 Å². The van der Waals surface area contributed by atoms with Crippen LogP contribution in [0.2, 0.25) is 0 Å². The molecule has 0 saturated heterocycles. The Morgan fingerprint density at radius 3 is 2.88 bits per heavy atom. The van der Waals surface area contributed by atoms with E-state index in [1.807, 2.05) is 77.2 Å². The van der Waals surface area contributed by atoms with Crippen LogP contribution in [0.1, 0.15) is 29.9 Å². The van der Waals surface area contributed by atoms with Crippen molar-refractivity contribution in [3.8, 4) is 5.69 Å². The summed E-state index contributed by atoms with van der Waals surface area (Å²) < 4.78 is 3.83. The first kappa shape index (κ1) is 16.5. The smallest absolute Gasteiger partial charge is 0.226 e. The molecule has 0 aliphatic carbocycles. The molecule has 3 heterocycles. The van der Waals surface area contributed by atoms with E-state index < -0.39 is 0 Å². The highest BCUT2D eigenvalue weighted by atomic mass is 32.1. The Bertz CT molecular complexity index is 1020. The van der Waals surface area contributed by atoms with Gasteiger partial charge in [0.2, 0.25) is 5.91 Å². The average Bonchev–Trinajstić information content (AvgIpc) is 3.30. The number of benzene rings is 1. The number of rotatable bonds is 5. The molecule has 0 aliphatic rings. The van der Waals surface area contributed by atoms with Crippen molar-refractivity contribution < 1.29 is 4.79 Å². The van der Waals surface area contributed by atoms with E-state index in [2.05, 4.69) is 15.4 Å². The van der Waals surface area contributed by atoms with Crippen LogP contribution in [0.25, 0.3) is 10.6 Å². The molecule has 1 amide bonds. The van der Waals surface area contributed by atoms with E-state index in [-0.39, 0.29) is 18.4 Å². The molecule has 0 aliphatic heterocycles. The third kappa shape index (κ3) is 3.13. The molecule has 3 aromatic heterocycles. The molecule has 7 heteroatoms. The van der Waals surface area contributed by atoms with Crippen LogP contribution in [0, 0.1) is 6.92 Å². The quantitative estimate of drug-likeness (QED) is 0.590. The summed E-state index contributed by atoms with van der Waals surface area (Å²) >= 11 is 1.56. The predicted octanol–water partition coefficient (Wildman–Crippen LogP) is 3.31. The maximum absolute atomic E-state index is 12.4. The maximum Gasteiger partial charge on any atom is 0.226 e. The van der Waals surface area contributed by atoms with Crippen molar-refractivity contribution in [2.75, 3.05) is 0 Å². The largest absolute Gasteiger partial charge is 0.349 e. The number of carbonyl (C=O) groups is 1. The first-order valence-electron chi connectivity index (χ1n) is 8.42. The second-order valence-electron chi connectivity index (χ2n) is 6.22. The molecule has 132 valence electrons. The summed E-state index contributed by atoms with van der Waals surface area (Å²) in [6, 6.07) is 9.85. The van der Waals surface area contributed by atoms with Gasteiger partial charge in [-0.3, -0.25) is 9.20 Å². The Labute approximate surface area is 155 Å². The average molecular weight is 365 g/mol. The second kappa shape index (κ2) is 6.76. The van der Waals surface area contributed by atoms with E-state index in [0.29, 0.717) is 0 Å². The molecule has 1 N–H and O–H groups in total. The lowest BCUT2D eigenvalue weighted by molar-refractivity contribution is -0.121. The topological polar surface area (TPSA) is 64.2 Å². The number of para-hydroxylation sites is 1. The van der Waals surface area contributed by atoms with Crippen molar-refractivity contribution in [3.05, 3.63) is 71.3 Å². The number of thiazole rings is 1. The fourth-order valence-electron chi connectivity index (χ4n) is 3.07. The van der Waals surface area contributed by atoms with Crippen LogP contribution >= 0.6 is 11.3 Å². The predicted molar refractivity (Wildman–Crippen MR) is 102 cm³/mol. The maximum atomic E-state index is 12.4. The molecule has 6 nitrogen and oxygen atoms in total. The first-order valence-corrected chi connectivity index (χ1v) is 9.30. The van der Waals surface area contributed by atoms with Crippen molar-refractivity contribution >= 4 is 22.2 Å². The van der Waals surface area contributed by atoms with Crippen LogP contribution in [0.4, 0.5) is 0 Å². The summed E-state index contributed by atoms with van der Waals surface area (Å²) in [4.78, 5) is 17.8. The standard InChI is InChI=1S/C19H19N5OS/c1-13(17-11-20-24(14(17)2)16-6-4-3-5-7-16)21-18(25)10-15-12-23-8-9-26-19(23)22-15/h3-9,11-13H,10H2,1-2H3,(H,21,25)/t13-/m1/s1. The molecule has 1 atom stereocenters. The summed E-state index contributed by atoms with van der Waals surface area (Å²) in [5.74, 6) is -0.0462. The Balaban J connectivity index is 1.46. The van der Waals surface area contributed by atoms with Gasteiger partial charge in [0, 0.05) is 29.0 Å². The Kier molecular flexibility index (Phi) is 4.30. The fraction of sp³-hybridized carbons (Fsp3) is 0.211. The molecule has 0 fully saturated rings. The number of aromatic nitrogens is 4. The van der Waals surface area contributed by atoms with Crippen molar-refractivity contribution in [3.63, 3.8) is 0 Å². The molecule has 0 spiro atoms. The summed E-state index contributed by atoms with van der Waals surface area (Å²) in [5, 5.41) is 9.49. The molecule has 0 saturated carbocycles. The monoisotopic (exact) mass is 365 g/mol. The van der Waals surface area contributed by atoms with E-state index in [9.17, 15) is 4.79 Å². The highest BCUT2D eigenvalue weighted by molar-refractivity contribution is 7.15. The summed E-state index contributed by atoms with van der Waals surface area (Å²) in [5.41, 5.74) is 3.81. The molecule has 0 radical (unpaired) electrons. The zero-order chi connectivity index (χ0) is 18.1. The van der Waals surface area contributed by atoms with Gasteiger partial charge in [0.05, 0.1) is 30.0 Å². The zero-order valence-electron chi connectivity index (χ0n) is 14.6. The highest BCUT2D eigenvalue weighted by Crippen LogP contribution is 2.20. The van der Waals surface area contributed by atoms with E-state index >= 15 is 0 Å².